The molecule has 5 nitrogen and oxygen atoms in total. The number of piperazine rings is 1. The van der Waals surface area contributed by atoms with Crippen LogP contribution in [0.4, 0.5) is 0 Å². The second kappa shape index (κ2) is 5.85. The lowest BCUT2D eigenvalue weighted by molar-refractivity contribution is -0.130. The predicted octanol–water partition coefficient (Wildman–Crippen LogP) is 0.635. The van der Waals surface area contributed by atoms with E-state index in [-0.39, 0.29) is 17.9 Å². The van der Waals surface area contributed by atoms with Crippen molar-refractivity contribution in [3.63, 3.8) is 0 Å². The number of rotatable bonds is 3. The van der Waals surface area contributed by atoms with Crippen LogP contribution in [-0.4, -0.2) is 53.8 Å². The zero-order valence-electron chi connectivity index (χ0n) is 12.1. The molecule has 0 bridgehead atoms. The second-order valence-corrected chi connectivity index (χ2v) is 5.73. The average molecular weight is 287 g/mol. The molecule has 0 aliphatic carbocycles. The summed E-state index contributed by atoms with van der Waals surface area (Å²) in [6, 6.07) is 7.88. The first-order valence-electron chi connectivity index (χ1n) is 7.57. The summed E-state index contributed by atoms with van der Waals surface area (Å²) >= 11 is 0. The lowest BCUT2D eigenvalue weighted by atomic mass is 10.0. The Kier molecular flexibility index (Phi) is 3.92. The van der Waals surface area contributed by atoms with E-state index in [1.807, 2.05) is 34.1 Å². The molecule has 2 amide bonds. The van der Waals surface area contributed by atoms with Crippen LogP contribution >= 0.6 is 0 Å². The molecule has 2 aliphatic heterocycles. The van der Waals surface area contributed by atoms with E-state index >= 15 is 0 Å². The molecule has 1 aromatic carbocycles. The van der Waals surface area contributed by atoms with E-state index in [0.29, 0.717) is 39.0 Å². The smallest absolute Gasteiger partial charge is 0.254 e. The number of nitrogens with two attached hydrogens (primary N) is 1. The van der Waals surface area contributed by atoms with Crippen LogP contribution in [0.1, 0.15) is 28.8 Å². The van der Waals surface area contributed by atoms with Gasteiger partial charge in [-0.1, -0.05) is 18.2 Å². The number of hydrogen-bond donors (Lipinski definition) is 1. The third-order valence-corrected chi connectivity index (χ3v) is 4.44. The van der Waals surface area contributed by atoms with Crippen molar-refractivity contribution in [2.24, 2.45) is 5.73 Å². The van der Waals surface area contributed by atoms with Gasteiger partial charge in [-0.15, -0.1) is 0 Å². The minimum absolute atomic E-state index is 0.0676. The van der Waals surface area contributed by atoms with Gasteiger partial charge in [-0.25, -0.2) is 0 Å². The maximum Gasteiger partial charge on any atom is 0.254 e. The molecular formula is C16H21N3O2. The Balaban J connectivity index is 1.76. The van der Waals surface area contributed by atoms with Gasteiger partial charge < -0.3 is 15.5 Å². The van der Waals surface area contributed by atoms with Crippen molar-refractivity contribution in [1.29, 1.82) is 0 Å². The highest BCUT2D eigenvalue weighted by molar-refractivity contribution is 5.96. The van der Waals surface area contributed by atoms with Gasteiger partial charge in [-0.3, -0.25) is 9.59 Å². The Morgan fingerprint density at radius 2 is 2.10 bits per heavy atom. The highest BCUT2D eigenvalue weighted by Crippen LogP contribution is 2.24. The van der Waals surface area contributed by atoms with Crippen LogP contribution in [0.2, 0.25) is 0 Å². The van der Waals surface area contributed by atoms with Crippen molar-refractivity contribution in [3.8, 4) is 0 Å². The highest BCUT2D eigenvalue weighted by atomic mass is 16.2. The van der Waals surface area contributed by atoms with Crippen molar-refractivity contribution >= 4 is 11.8 Å². The zero-order valence-corrected chi connectivity index (χ0v) is 12.1. The number of fused-ring (bicyclic) bond motifs is 1. The Labute approximate surface area is 124 Å². The summed E-state index contributed by atoms with van der Waals surface area (Å²) in [7, 11) is 0. The Bertz CT molecular complexity index is 558. The first kappa shape index (κ1) is 14.1. The summed E-state index contributed by atoms with van der Waals surface area (Å²) in [4.78, 5) is 28.3. The third kappa shape index (κ3) is 2.65. The maximum absolute atomic E-state index is 12.7. The van der Waals surface area contributed by atoms with Crippen molar-refractivity contribution in [2.45, 2.75) is 25.3 Å². The number of carbonyl (C=O) groups excluding carboxylic acids is 2. The molecule has 2 saturated heterocycles. The fraction of sp³-hybridized carbons (Fsp3) is 0.500. The molecular weight excluding hydrogens is 266 g/mol. The molecule has 1 aromatic rings. The van der Waals surface area contributed by atoms with E-state index in [1.165, 1.54) is 0 Å². The maximum atomic E-state index is 12.7. The molecule has 2 heterocycles. The third-order valence-electron chi connectivity index (χ3n) is 4.44. The van der Waals surface area contributed by atoms with Crippen LogP contribution in [0, 0.1) is 0 Å². The van der Waals surface area contributed by atoms with Crippen LogP contribution in [0.5, 0.6) is 0 Å². The molecule has 5 heteroatoms. The molecule has 0 aromatic heterocycles. The van der Waals surface area contributed by atoms with Crippen molar-refractivity contribution in [3.05, 3.63) is 35.4 Å². The lowest BCUT2D eigenvalue weighted by Gasteiger charge is -2.37. The summed E-state index contributed by atoms with van der Waals surface area (Å²) in [5.74, 6) is 0.300. The fourth-order valence-electron chi connectivity index (χ4n) is 3.32. The van der Waals surface area contributed by atoms with Crippen LogP contribution in [-0.2, 0) is 11.2 Å². The van der Waals surface area contributed by atoms with Crippen LogP contribution < -0.4 is 5.73 Å². The predicted molar refractivity (Wildman–Crippen MR) is 79.8 cm³/mol. The van der Waals surface area contributed by atoms with E-state index in [1.54, 1.807) is 0 Å². The molecule has 2 aliphatic rings. The summed E-state index contributed by atoms with van der Waals surface area (Å²) in [6.07, 6.45) is 2.20. The van der Waals surface area contributed by atoms with Crippen molar-refractivity contribution in [2.75, 3.05) is 26.2 Å². The Morgan fingerprint density at radius 1 is 1.29 bits per heavy atom. The molecule has 0 radical (unpaired) electrons. The van der Waals surface area contributed by atoms with Gasteiger partial charge in [0.2, 0.25) is 5.91 Å². The Morgan fingerprint density at radius 3 is 2.90 bits per heavy atom. The minimum Gasteiger partial charge on any atom is -0.336 e. The lowest BCUT2D eigenvalue weighted by Crippen LogP contribution is -2.53. The quantitative estimate of drug-likeness (QED) is 0.887. The van der Waals surface area contributed by atoms with Gasteiger partial charge in [0.1, 0.15) is 0 Å². The number of carbonyl (C=O) groups is 2. The molecule has 2 N–H and O–H groups in total. The minimum atomic E-state index is 0.0676. The second-order valence-electron chi connectivity index (χ2n) is 5.73. The largest absolute Gasteiger partial charge is 0.336 e. The number of nitrogens with zero attached hydrogens (tertiary/aromatic N) is 2. The summed E-state index contributed by atoms with van der Waals surface area (Å²) in [5.41, 5.74) is 7.38. The summed E-state index contributed by atoms with van der Waals surface area (Å²) in [6.45, 7) is 2.48. The molecule has 112 valence electrons. The van der Waals surface area contributed by atoms with Gasteiger partial charge in [0.15, 0.2) is 0 Å². The van der Waals surface area contributed by atoms with Gasteiger partial charge >= 0.3 is 0 Å². The monoisotopic (exact) mass is 287 g/mol. The van der Waals surface area contributed by atoms with Gasteiger partial charge in [0, 0.05) is 37.7 Å². The normalized spacial score (nSPS) is 21.6. The fourth-order valence-corrected chi connectivity index (χ4v) is 3.32. The molecule has 21 heavy (non-hydrogen) atoms. The molecule has 1 atom stereocenters. The number of benzene rings is 1. The van der Waals surface area contributed by atoms with Crippen LogP contribution in [0.25, 0.3) is 0 Å². The molecule has 3 rings (SSSR count). The first-order valence-corrected chi connectivity index (χ1v) is 7.57. The molecule has 2 fully saturated rings. The Hall–Kier alpha value is -1.88. The standard InChI is InChI=1S/C16H21N3O2/c17-8-7-12-3-1-2-4-14(12)16(21)18-9-10-19-13(11-18)5-6-15(19)20/h1-4,13H,5-11,17H2. The van der Waals surface area contributed by atoms with E-state index in [2.05, 4.69) is 0 Å². The van der Waals surface area contributed by atoms with Gasteiger partial charge in [0.05, 0.1) is 0 Å². The van der Waals surface area contributed by atoms with Crippen molar-refractivity contribution < 1.29 is 9.59 Å². The summed E-state index contributed by atoms with van der Waals surface area (Å²) in [5, 5.41) is 0. The topological polar surface area (TPSA) is 66.6 Å². The molecule has 1 unspecified atom stereocenters. The van der Waals surface area contributed by atoms with Crippen LogP contribution in [0.3, 0.4) is 0 Å². The van der Waals surface area contributed by atoms with Gasteiger partial charge in [-0.05, 0) is 31.0 Å². The van der Waals surface area contributed by atoms with E-state index in [4.69, 9.17) is 5.73 Å². The molecule has 0 saturated carbocycles. The van der Waals surface area contributed by atoms with E-state index < -0.39 is 0 Å². The SMILES string of the molecule is NCCc1ccccc1C(=O)N1CCN2C(=O)CCC2C1. The van der Waals surface area contributed by atoms with E-state index in [9.17, 15) is 9.59 Å². The average Bonchev–Trinajstić information content (AvgIpc) is 2.88. The summed E-state index contributed by atoms with van der Waals surface area (Å²) < 4.78 is 0. The van der Waals surface area contributed by atoms with Gasteiger partial charge in [0.25, 0.3) is 5.91 Å². The number of amides is 2. The highest BCUT2D eigenvalue weighted by Gasteiger charge is 2.37. The number of hydrogen-bond acceptors (Lipinski definition) is 3. The van der Waals surface area contributed by atoms with E-state index in [0.717, 1.165) is 17.5 Å². The van der Waals surface area contributed by atoms with Crippen molar-refractivity contribution in [1.82, 2.24) is 9.80 Å². The van der Waals surface area contributed by atoms with Gasteiger partial charge in [-0.2, -0.15) is 0 Å². The molecule has 0 spiro atoms. The van der Waals surface area contributed by atoms with Crippen LogP contribution in [0.15, 0.2) is 24.3 Å². The first-order chi connectivity index (χ1) is 10.2. The zero-order chi connectivity index (χ0) is 14.8.